The van der Waals surface area contributed by atoms with Crippen LogP contribution in [0.5, 0.6) is 0 Å². The lowest BCUT2D eigenvalue weighted by atomic mass is 10.3. The number of hydrogen-bond acceptors (Lipinski definition) is 1. The summed E-state index contributed by atoms with van der Waals surface area (Å²) in [5, 5.41) is 4.66. The lowest BCUT2D eigenvalue weighted by molar-refractivity contribution is 0.262. The highest BCUT2D eigenvalue weighted by molar-refractivity contribution is 14.1. The summed E-state index contributed by atoms with van der Waals surface area (Å²) in [7, 11) is 0. The van der Waals surface area contributed by atoms with Gasteiger partial charge in [-0.25, -0.2) is 13.6 Å². The summed E-state index contributed by atoms with van der Waals surface area (Å²) < 4.78 is 28.6. The van der Waals surface area contributed by atoms with Gasteiger partial charge in [0.2, 0.25) is 0 Å². The van der Waals surface area contributed by atoms with Crippen LogP contribution < -0.4 is 10.6 Å². The molecule has 0 bridgehead atoms. The van der Waals surface area contributed by atoms with Gasteiger partial charge in [0.15, 0.2) is 0 Å². The highest BCUT2D eigenvalue weighted by Crippen LogP contribution is 2.19. The first kappa shape index (κ1) is 15.4. The summed E-state index contributed by atoms with van der Waals surface area (Å²) in [6, 6.07) is 8.09. The van der Waals surface area contributed by atoms with Gasteiger partial charge in [-0.1, -0.05) is 0 Å². The second kappa shape index (κ2) is 6.66. The van der Waals surface area contributed by atoms with Crippen LogP contribution in [0.4, 0.5) is 25.0 Å². The van der Waals surface area contributed by atoms with Crippen LogP contribution in [-0.4, -0.2) is 6.03 Å². The van der Waals surface area contributed by atoms with E-state index in [2.05, 4.69) is 10.6 Å². The van der Waals surface area contributed by atoms with Crippen molar-refractivity contribution in [2.45, 2.75) is 0 Å². The minimum Gasteiger partial charge on any atom is -0.305 e. The molecule has 0 aliphatic carbocycles. The third-order valence-electron chi connectivity index (χ3n) is 2.36. The van der Waals surface area contributed by atoms with E-state index in [9.17, 15) is 13.6 Å². The first-order chi connectivity index (χ1) is 9.45. The maximum atomic E-state index is 13.6. The van der Waals surface area contributed by atoms with E-state index in [1.807, 2.05) is 45.2 Å². The summed E-state index contributed by atoms with van der Waals surface area (Å²) >= 11 is 3.93. The molecule has 20 heavy (non-hydrogen) atoms. The molecule has 2 amide bonds. The molecule has 3 nitrogen and oxygen atoms in total. The molecule has 0 aliphatic rings. The Hall–Kier alpha value is -0.970. The van der Waals surface area contributed by atoms with Gasteiger partial charge < -0.3 is 10.6 Å². The summed E-state index contributed by atoms with van der Waals surface area (Å²) in [6.45, 7) is 0. The van der Waals surface area contributed by atoms with E-state index in [-0.39, 0.29) is 11.4 Å². The van der Waals surface area contributed by atoms with Gasteiger partial charge in [-0.15, -0.1) is 0 Å². The van der Waals surface area contributed by atoms with Crippen molar-refractivity contribution >= 4 is 62.6 Å². The molecule has 104 valence electrons. The first-order valence-corrected chi connectivity index (χ1v) is 7.59. The van der Waals surface area contributed by atoms with Gasteiger partial charge >= 0.3 is 6.03 Å². The fourth-order valence-corrected chi connectivity index (χ4v) is 2.36. The van der Waals surface area contributed by atoms with Gasteiger partial charge in [-0.05, 0) is 81.6 Å². The van der Waals surface area contributed by atoms with Crippen LogP contribution in [0.15, 0.2) is 36.4 Å². The Bertz CT molecular complexity index is 609. The average Bonchev–Trinajstić information content (AvgIpc) is 2.36. The summed E-state index contributed by atoms with van der Waals surface area (Å²) in [5.41, 5.74) is 0.0719. The van der Waals surface area contributed by atoms with Crippen molar-refractivity contribution in [1.82, 2.24) is 0 Å². The second-order valence-corrected chi connectivity index (χ2v) is 6.32. The molecule has 0 saturated carbocycles. The van der Waals surface area contributed by atoms with E-state index in [0.717, 1.165) is 7.14 Å². The highest BCUT2D eigenvalue weighted by Gasteiger charge is 2.10. The minimum absolute atomic E-state index is 0.0360. The molecule has 0 heterocycles. The predicted molar refractivity (Wildman–Crippen MR) is 90.9 cm³/mol. The number of benzene rings is 2. The third kappa shape index (κ3) is 4.01. The van der Waals surface area contributed by atoms with Gasteiger partial charge in [-0.3, -0.25) is 0 Å². The quantitative estimate of drug-likeness (QED) is 0.572. The number of amides is 2. The van der Waals surface area contributed by atoms with Crippen LogP contribution >= 0.6 is 45.2 Å². The van der Waals surface area contributed by atoms with Crippen LogP contribution in [-0.2, 0) is 0 Å². The van der Waals surface area contributed by atoms with Crippen LogP contribution in [0.3, 0.4) is 0 Å². The van der Waals surface area contributed by atoms with Crippen LogP contribution in [0, 0.1) is 18.8 Å². The minimum atomic E-state index is -0.704. The topological polar surface area (TPSA) is 41.1 Å². The smallest absolute Gasteiger partial charge is 0.305 e. The van der Waals surface area contributed by atoms with E-state index in [4.69, 9.17) is 0 Å². The van der Waals surface area contributed by atoms with E-state index in [1.54, 1.807) is 12.1 Å². The number of halogens is 4. The van der Waals surface area contributed by atoms with Gasteiger partial charge in [0.05, 0.1) is 11.4 Å². The molecule has 2 rings (SSSR count). The highest BCUT2D eigenvalue weighted by atomic mass is 127. The van der Waals surface area contributed by atoms with Crippen LogP contribution in [0.25, 0.3) is 0 Å². The third-order valence-corrected chi connectivity index (χ3v) is 3.70. The number of anilines is 2. The number of carbonyl (C=O) groups excluding carboxylic acids is 1. The number of carbonyl (C=O) groups is 1. The standard InChI is InChI=1S/C13H8F2I2N2O/c14-9-5-7(16)1-3-11(9)18-13(20)19-12-4-2-8(17)6-10(12)15/h1-6H,(H2,18,19,20). The first-order valence-electron chi connectivity index (χ1n) is 5.44. The zero-order valence-corrected chi connectivity index (χ0v) is 14.2. The van der Waals surface area contributed by atoms with Crippen molar-refractivity contribution in [3.63, 3.8) is 0 Å². The maximum absolute atomic E-state index is 13.6. The van der Waals surface area contributed by atoms with E-state index < -0.39 is 17.7 Å². The van der Waals surface area contributed by atoms with Gasteiger partial charge in [-0.2, -0.15) is 0 Å². The Morgan fingerprint density at radius 3 is 1.60 bits per heavy atom. The van der Waals surface area contributed by atoms with Gasteiger partial charge in [0.25, 0.3) is 0 Å². The monoisotopic (exact) mass is 500 g/mol. The van der Waals surface area contributed by atoms with E-state index >= 15 is 0 Å². The van der Waals surface area contributed by atoms with Crippen molar-refractivity contribution in [3.05, 3.63) is 55.2 Å². The van der Waals surface area contributed by atoms with Crippen LogP contribution in [0.2, 0.25) is 0 Å². The SMILES string of the molecule is O=C(Nc1ccc(I)cc1F)Nc1ccc(I)cc1F. The fourth-order valence-electron chi connectivity index (χ4n) is 1.46. The zero-order valence-electron chi connectivity index (χ0n) is 9.88. The maximum Gasteiger partial charge on any atom is 0.323 e. The lowest BCUT2D eigenvalue weighted by Gasteiger charge is -2.09. The molecular weight excluding hydrogens is 492 g/mol. The van der Waals surface area contributed by atoms with Crippen molar-refractivity contribution in [2.24, 2.45) is 0 Å². The normalized spacial score (nSPS) is 10.2. The second-order valence-electron chi connectivity index (χ2n) is 3.83. The molecule has 0 saturated heterocycles. The van der Waals surface area contributed by atoms with Crippen molar-refractivity contribution in [1.29, 1.82) is 0 Å². The molecule has 2 N–H and O–H groups in total. The molecule has 0 fully saturated rings. The molecule has 2 aromatic carbocycles. The molecule has 0 atom stereocenters. The molecule has 0 aliphatic heterocycles. The molecule has 0 radical (unpaired) electrons. The summed E-state index contributed by atoms with van der Waals surface area (Å²) in [5.74, 6) is -1.09. The number of hydrogen-bond donors (Lipinski definition) is 2. The largest absolute Gasteiger partial charge is 0.323 e. The average molecular weight is 500 g/mol. The lowest BCUT2D eigenvalue weighted by Crippen LogP contribution is -2.20. The van der Waals surface area contributed by atoms with Gasteiger partial charge in [0.1, 0.15) is 11.6 Å². The van der Waals surface area contributed by atoms with Crippen molar-refractivity contribution in [3.8, 4) is 0 Å². The molecule has 2 aromatic rings. The number of nitrogens with one attached hydrogen (secondary N) is 2. The molecule has 0 unspecified atom stereocenters. The van der Waals surface area contributed by atoms with E-state index in [0.29, 0.717) is 0 Å². The van der Waals surface area contributed by atoms with E-state index in [1.165, 1.54) is 24.3 Å². The Balaban J connectivity index is 2.09. The Kier molecular flexibility index (Phi) is 5.13. The zero-order chi connectivity index (χ0) is 14.7. The molecular formula is C13H8F2I2N2O. The van der Waals surface area contributed by atoms with Crippen molar-refractivity contribution < 1.29 is 13.6 Å². The number of rotatable bonds is 2. The Labute approximate surface area is 141 Å². The molecule has 7 heteroatoms. The molecule has 0 spiro atoms. The van der Waals surface area contributed by atoms with Gasteiger partial charge in [0, 0.05) is 7.14 Å². The summed E-state index contributed by atoms with van der Waals surface area (Å²) in [4.78, 5) is 11.7. The Morgan fingerprint density at radius 1 is 0.850 bits per heavy atom. The fraction of sp³-hybridized carbons (Fsp3) is 0. The summed E-state index contributed by atoms with van der Waals surface area (Å²) in [6.07, 6.45) is 0. The number of urea groups is 1. The predicted octanol–water partition coefficient (Wildman–Crippen LogP) is 4.82. The molecule has 0 aromatic heterocycles. The van der Waals surface area contributed by atoms with Crippen molar-refractivity contribution in [2.75, 3.05) is 10.6 Å². The van der Waals surface area contributed by atoms with Crippen LogP contribution in [0.1, 0.15) is 0 Å². The Morgan fingerprint density at radius 2 is 1.25 bits per heavy atom.